The van der Waals surface area contributed by atoms with Gasteiger partial charge in [-0.25, -0.2) is 0 Å². The molecule has 1 rings (SSSR count). The van der Waals surface area contributed by atoms with Crippen molar-refractivity contribution in [2.45, 2.75) is 58.4 Å². The van der Waals surface area contributed by atoms with Crippen molar-refractivity contribution in [3.8, 4) is 0 Å². The summed E-state index contributed by atoms with van der Waals surface area (Å²) in [7, 11) is 0. The van der Waals surface area contributed by atoms with E-state index in [-0.39, 0.29) is 0 Å². The van der Waals surface area contributed by atoms with Crippen molar-refractivity contribution in [2.24, 2.45) is 0 Å². The highest BCUT2D eigenvalue weighted by molar-refractivity contribution is 5.39. The van der Waals surface area contributed by atoms with Crippen molar-refractivity contribution in [1.82, 2.24) is 5.32 Å². The van der Waals surface area contributed by atoms with Crippen molar-refractivity contribution in [3.05, 3.63) is 29.8 Å². The van der Waals surface area contributed by atoms with E-state index >= 15 is 0 Å². The molecule has 0 heterocycles. The van der Waals surface area contributed by atoms with Crippen LogP contribution in [0.3, 0.4) is 0 Å². The number of hydrogen-bond acceptors (Lipinski definition) is 2. The number of nitrogen functional groups attached to an aromatic ring is 1. The maximum absolute atomic E-state index is 5.72. The standard InChI is InChI=1S/C16H28N2/c1-3-5-7-16(18-12-6-4-2)13-14-8-10-15(17)11-9-14/h8-11,16,18H,3-7,12-13,17H2,1-2H3. The molecule has 0 amide bonds. The van der Waals surface area contributed by atoms with Crippen LogP contribution in [-0.2, 0) is 6.42 Å². The quantitative estimate of drug-likeness (QED) is 0.516. The Morgan fingerprint density at radius 2 is 1.72 bits per heavy atom. The third-order valence-corrected chi connectivity index (χ3v) is 3.33. The zero-order valence-corrected chi connectivity index (χ0v) is 11.9. The summed E-state index contributed by atoms with van der Waals surface area (Å²) >= 11 is 0. The Kier molecular flexibility index (Phi) is 7.51. The molecule has 0 spiro atoms. The molecular weight excluding hydrogens is 220 g/mol. The molecule has 0 aliphatic carbocycles. The van der Waals surface area contributed by atoms with E-state index < -0.39 is 0 Å². The fraction of sp³-hybridized carbons (Fsp3) is 0.625. The average Bonchev–Trinajstić information content (AvgIpc) is 2.38. The van der Waals surface area contributed by atoms with Gasteiger partial charge in [0.05, 0.1) is 0 Å². The topological polar surface area (TPSA) is 38.0 Å². The van der Waals surface area contributed by atoms with Gasteiger partial charge < -0.3 is 11.1 Å². The highest BCUT2D eigenvalue weighted by Gasteiger charge is 2.08. The molecular formula is C16H28N2. The maximum Gasteiger partial charge on any atom is 0.0314 e. The van der Waals surface area contributed by atoms with E-state index in [1.807, 2.05) is 12.1 Å². The van der Waals surface area contributed by atoms with Crippen molar-refractivity contribution in [2.75, 3.05) is 12.3 Å². The first kappa shape index (κ1) is 15.0. The molecule has 102 valence electrons. The van der Waals surface area contributed by atoms with Crippen LogP contribution < -0.4 is 11.1 Å². The Morgan fingerprint density at radius 1 is 1.06 bits per heavy atom. The lowest BCUT2D eigenvalue weighted by molar-refractivity contribution is 0.456. The number of unbranched alkanes of at least 4 members (excludes halogenated alkanes) is 2. The molecule has 0 fully saturated rings. The molecule has 0 aliphatic heterocycles. The van der Waals surface area contributed by atoms with Gasteiger partial charge >= 0.3 is 0 Å². The molecule has 0 saturated heterocycles. The Hall–Kier alpha value is -1.02. The molecule has 0 radical (unpaired) electrons. The second-order valence-corrected chi connectivity index (χ2v) is 5.09. The molecule has 0 aromatic heterocycles. The largest absolute Gasteiger partial charge is 0.399 e. The fourth-order valence-electron chi connectivity index (χ4n) is 2.15. The molecule has 1 aromatic carbocycles. The summed E-state index contributed by atoms with van der Waals surface area (Å²) in [6, 6.07) is 8.90. The summed E-state index contributed by atoms with van der Waals surface area (Å²) in [5.41, 5.74) is 7.95. The SMILES string of the molecule is CCCCNC(CCCC)Cc1ccc(N)cc1. The third-order valence-electron chi connectivity index (χ3n) is 3.33. The summed E-state index contributed by atoms with van der Waals surface area (Å²) in [5, 5.41) is 3.69. The normalized spacial score (nSPS) is 12.6. The smallest absolute Gasteiger partial charge is 0.0314 e. The number of anilines is 1. The lowest BCUT2D eigenvalue weighted by atomic mass is 10.0. The van der Waals surface area contributed by atoms with Gasteiger partial charge in [0, 0.05) is 11.7 Å². The minimum atomic E-state index is 0.611. The Morgan fingerprint density at radius 3 is 2.33 bits per heavy atom. The third kappa shape index (κ3) is 6.06. The molecule has 0 aliphatic rings. The Balaban J connectivity index is 2.45. The van der Waals surface area contributed by atoms with Crippen LogP contribution >= 0.6 is 0 Å². The lowest BCUT2D eigenvalue weighted by Crippen LogP contribution is -2.32. The Labute approximate surface area is 112 Å². The molecule has 0 saturated carbocycles. The van der Waals surface area contributed by atoms with Crippen LogP contribution in [0.4, 0.5) is 5.69 Å². The first-order valence-corrected chi connectivity index (χ1v) is 7.34. The van der Waals surface area contributed by atoms with Crippen molar-refractivity contribution < 1.29 is 0 Å². The molecule has 2 nitrogen and oxygen atoms in total. The minimum Gasteiger partial charge on any atom is -0.399 e. The van der Waals surface area contributed by atoms with E-state index in [9.17, 15) is 0 Å². The van der Waals surface area contributed by atoms with E-state index in [0.717, 1.165) is 18.7 Å². The van der Waals surface area contributed by atoms with E-state index in [1.165, 1.54) is 37.7 Å². The summed E-state index contributed by atoms with van der Waals surface area (Å²) in [4.78, 5) is 0. The van der Waals surface area contributed by atoms with Gasteiger partial charge in [-0.2, -0.15) is 0 Å². The predicted molar refractivity (Wildman–Crippen MR) is 80.8 cm³/mol. The van der Waals surface area contributed by atoms with Gasteiger partial charge in [-0.3, -0.25) is 0 Å². The van der Waals surface area contributed by atoms with Gasteiger partial charge in [-0.15, -0.1) is 0 Å². The van der Waals surface area contributed by atoms with E-state index in [4.69, 9.17) is 5.73 Å². The van der Waals surface area contributed by atoms with E-state index in [1.54, 1.807) is 0 Å². The lowest BCUT2D eigenvalue weighted by Gasteiger charge is -2.18. The second-order valence-electron chi connectivity index (χ2n) is 5.09. The summed E-state index contributed by atoms with van der Waals surface area (Å²) < 4.78 is 0. The summed E-state index contributed by atoms with van der Waals surface area (Å²) in [6.07, 6.45) is 7.49. The van der Waals surface area contributed by atoms with E-state index in [0.29, 0.717) is 6.04 Å². The first-order valence-electron chi connectivity index (χ1n) is 7.34. The van der Waals surface area contributed by atoms with Gasteiger partial charge in [0.15, 0.2) is 0 Å². The van der Waals surface area contributed by atoms with Gasteiger partial charge in [0.25, 0.3) is 0 Å². The van der Waals surface area contributed by atoms with Crippen LogP contribution in [0.15, 0.2) is 24.3 Å². The highest BCUT2D eigenvalue weighted by atomic mass is 14.9. The number of benzene rings is 1. The molecule has 2 heteroatoms. The zero-order chi connectivity index (χ0) is 13.2. The Bertz CT molecular complexity index is 305. The number of hydrogen-bond donors (Lipinski definition) is 2. The van der Waals surface area contributed by atoms with Crippen LogP contribution in [0.5, 0.6) is 0 Å². The van der Waals surface area contributed by atoms with Gasteiger partial charge in [0.2, 0.25) is 0 Å². The van der Waals surface area contributed by atoms with Gasteiger partial charge in [0.1, 0.15) is 0 Å². The van der Waals surface area contributed by atoms with Crippen LogP contribution in [0.1, 0.15) is 51.5 Å². The summed E-state index contributed by atoms with van der Waals surface area (Å²) in [6.45, 7) is 5.63. The van der Waals surface area contributed by atoms with Crippen molar-refractivity contribution in [1.29, 1.82) is 0 Å². The highest BCUT2D eigenvalue weighted by Crippen LogP contribution is 2.11. The van der Waals surface area contributed by atoms with Crippen LogP contribution in [0.2, 0.25) is 0 Å². The fourth-order valence-corrected chi connectivity index (χ4v) is 2.15. The molecule has 1 atom stereocenters. The van der Waals surface area contributed by atoms with Crippen molar-refractivity contribution in [3.63, 3.8) is 0 Å². The number of nitrogens with one attached hydrogen (secondary N) is 1. The monoisotopic (exact) mass is 248 g/mol. The predicted octanol–water partition coefficient (Wildman–Crippen LogP) is 3.76. The summed E-state index contributed by atoms with van der Waals surface area (Å²) in [5.74, 6) is 0. The van der Waals surface area contributed by atoms with Crippen LogP contribution in [0, 0.1) is 0 Å². The molecule has 1 unspecified atom stereocenters. The van der Waals surface area contributed by atoms with E-state index in [2.05, 4.69) is 31.3 Å². The van der Waals surface area contributed by atoms with Crippen LogP contribution in [0.25, 0.3) is 0 Å². The molecule has 18 heavy (non-hydrogen) atoms. The molecule has 3 N–H and O–H groups in total. The number of rotatable bonds is 9. The second kappa shape index (κ2) is 8.98. The first-order chi connectivity index (χ1) is 8.76. The number of nitrogens with two attached hydrogens (primary N) is 1. The maximum atomic E-state index is 5.72. The molecule has 0 bridgehead atoms. The van der Waals surface area contributed by atoms with Gasteiger partial charge in [-0.1, -0.05) is 45.2 Å². The van der Waals surface area contributed by atoms with Gasteiger partial charge in [-0.05, 0) is 43.5 Å². The van der Waals surface area contributed by atoms with Crippen LogP contribution in [-0.4, -0.2) is 12.6 Å². The molecule has 1 aromatic rings. The van der Waals surface area contributed by atoms with Crippen molar-refractivity contribution >= 4 is 5.69 Å². The average molecular weight is 248 g/mol. The zero-order valence-electron chi connectivity index (χ0n) is 11.9. The minimum absolute atomic E-state index is 0.611.